The zero-order valence-electron chi connectivity index (χ0n) is 11.4. The van der Waals surface area contributed by atoms with E-state index in [0.717, 1.165) is 0 Å². The summed E-state index contributed by atoms with van der Waals surface area (Å²) in [5.74, 6) is -1.23. The Bertz CT molecular complexity index is 736. The summed E-state index contributed by atoms with van der Waals surface area (Å²) in [6.45, 7) is 0. The molecule has 122 valence electrons. The van der Waals surface area contributed by atoms with E-state index in [9.17, 15) is 14.7 Å². The van der Waals surface area contributed by atoms with Gasteiger partial charge in [0.05, 0.1) is 16.4 Å². The number of fused-ring (bicyclic) bond motifs is 1. The minimum absolute atomic E-state index is 0.152. The molecule has 2 aliphatic rings. The summed E-state index contributed by atoms with van der Waals surface area (Å²) in [4.78, 5) is 25.1. The van der Waals surface area contributed by atoms with Crippen molar-refractivity contribution in [1.82, 2.24) is 20.4 Å². The van der Waals surface area contributed by atoms with Crippen LogP contribution in [0, 0.1) is 0 Å². The highest BCUT2D eigenvalue weighted by atomic mass is 35.5. The second-order valence-electron chi connectivity index (χ2n) is 4.72. The van der Waals surface area contributed by atoms with Crippen molar-refractivity contribution in [3.05, 3.63) is 15.7 Å². The second-order valence-corrected chi connectivity index (χ2v) is 7.87. The number of aromatic nitrogens is 2. The SMILES string of the molecule is Nc1nnc(CC(=S)N[C@@H]2C(=O)N3C(C(=O)O)=C(Cl)CS[C@@H]23)s1. The van der Waals surface area contributed by atoms with Crippen LogP contribution in [0.3, 0.4) is 0 Å². The topological polar surface area (TPSA) is 121 Å². The third kappa shape index (κ3) is 3.01. The summed E-state index contributed by atoms with van der Waals surface area (Å²) in [5, 5.41) is 20.5. The molecule has 0 saturated carbocycles. The van der Waals surface area contributed by atoms with E-state index < -0.39 is 12.0 Å². The minimum Gasteiger partial charge on any atom is -0.477 e. The van der Waals surface area contributed by atoms with Crippen LogP contribution in [0.25, 0.3) is 0 Å². The first-order valence-corrected chi connectivity index (χ1v) is 8.97. The third-order valence-corrected chi connectivity index (χ3v) is 6.00. The first-order valence-electron chi connectivity index (χ1n) is 6.32. The van der Waals surface area contributed by atoms with Crippen molar-refractivity contribution in [2.75, 3.05) is 11.5 Å². The van der Waals surface area contributed by atoms with Crippen molar-refractivity contribution in [3.63, 3.8) is 0 Å². The normalized spacial score (nSPS) is 23.3. The van der Waals surface area contributed by atoms with Gasteiger partial charge < -0.3 is 16.2 Å². The van der Waals surface area contributed by atoms with E-state index in [-0.39, 0.29) is 22.0 Å². The van der Waals surface area contributed by atoms with Crippen molar-refractivity contribution >= 4 is 68.9 Å². The monoisotopic (exact) mass is 391 g/mol. The number of hydrogen-bond donors (Lipinski definition) is 3. The molecule has 1 fully saturated rings. The Hall–Kier alpha value is -1.43. The maximum absolute atomic E-state index is 12.2. The number of carboxylic acid groups (broad SMARTS) is 1. The van der Waals surface area contributed by atoms with Gasteiger partial charge in [-0.15, -0.1) is 22.0 Å². The lowest BCUT2D eigenvalue weighted by molar-refractivity contribution is -0.148. The number of nitrogens with two attached hydrogens (primary N) is 1. The van der Waals surface area contributed by atoms with Crippen molar-refractivity contribution < 1.29 is 14.7 Å². The Balaban J connectivity index is 1.66. The van der Waals surface area contributed by atoms with Crippen LogP contribution in [-0.2, 0) is 16.0 Å². The lowest BCUT2D eigenvalue weighted by Gasteiger charge is -2.49. The largest absolute Gasteiger partial charge is 0.477 e. The number of amides is 1. The molecule has 0 spiro atoms. The lowest BCUT2D eigenvalue weighted by Crippen LogP contribution is -2.70. The van der Waals surface area contributed by atoms with Crippen LogP contribution >= 0.6 is 46.9 Å². The molecular weight excluding hydrogens is 382 g/mol. The quantitative estimate of drug-likeness (QED) is 0.494. The number of anilines is 1. The van der Waals surface area contributed by atoms with Gasteiger partial charge in [-0.05, 0) is 0 Å². The average molecular weight is 392 g/mol. The van der Waals surface area contributed by atoms with E-state index in [1.54, 1.807) is 0 Å². The Morgan fingerprint density at radius 1 is 1.57 bits per heavy atom. The third-order valence-electron chi connectivity index (χ3n) is 3.24. The number of nitrogen functional groups attached to an aromatic ring is 1. The van der Waals surface area contributed by atoms with Crippen molar-refractivity contribution in [2.24, 2.45) is 0 Å². The van der Waals surface area contributed by atoms with Gasteiger partial charge in [-0.25, -0.2) is 4.79 Å². The Morgan fingerprint density at radius 3 is 2.91 bits per heavy atom. The lowest BCUT2D eigenvalue weighted by atomic mass is 10.1. The smallest absolute Gasteiger partial charge is 0.353 e. The van der Waals surface area contributed by atoms with Gasteiger partial charge >= 0.3 is 5.97 Å². The highest BCUT2D eigenvalue weighted by Gasteiger charge is 2.53. The molecule has 4 N–H and O–H groups in total. The van der Waals surface area contributed by atoms with E-state index in [1.807, 2.05) is 0 Å². The summed E-state index contributed by atoms with van der Waals surface area (Å²) < 4.78 is 0. The molecule has 1 aromatic rings. The van der Waals surface area contributed by atoms with Crippen LogP contribution in [0.5, 0.6) is 0 Å². The van der Waals surface area contributed by atoms with Crippen LogP contribution in [0.2, 0.25) is 0 Å². The zero-order chi connectivity index (χ0) is 16.7. The Morgan fingerprint density at radius 2 is 2.30 bits per heavy atom. The molecule has 8 nitrogen and oxygen atoms in total. The summed E-state index contributed by atoms with van der Waals surface area (Å²) in [6, 6.07) is -0.572. The molecular formula is C11H10ClN5O3S3. The number of nitrogens with one attached hydrogen (secondary N) is 1. The van der Waals surface area contributed by atoms with Gasteiger partial charge in [0, 0.05) is 5.75 Å². The van der Waals surface area contributed by atoms with Crippen LogP contribution < -0.4 is 11.1 Å². The maximum atomic E-state index is 12.2. The van der Waals surface area contributed by atoms with Crippen LogP contribution in [-0.4, -0.2) is 54.2 Å². The molecule has 3 heterocycles. The highest BCUT2D eigenvalue weighted by molar-refractivity contribution is 8.00. The molecule has 1 amide bonds. The summed E-state index contributed by atoms with van der Waals surface area (Å²) >= 11 is 13.8. The number of halogens is 1. The molecule has 2 atom stereocenters. The Labute approximate surface area is 149 Å². The molecule has 0 aliphatic carbocycles. The van der Waals surface area contributed by atoms with Gasteiger partial charge in [-0.1, -0.05) is 35.2 Å². The summed E-state index contributed by atoms with van der Waals surface area (Å²) in [5.41, 5.74) is 5.35. The van der Waals surface area contributed by atoms with Gasteiger partial charge in [0.1, 0.15) is 22.1 Å². The number of hydrogen-bond acceptors (Lipinski definition) is 8. The first kappa shape index (κ1) is 16.4. The molecule has 1 saturated heterocycles. The fourth-order valence-corrected chi connectivity index (χ4v) is 4.81. The number of aliphatic carboxylic acids is 1. The van der Waals surface area contributed by atoms with E-state index in [1.165, 1.54) is 28.0 Å². The average Bonchev–Trinajstić information content (AvgIpc) is 2.89. The van der Waals surface area contributed by atoms with Crippen LogP contribution in [0.15, 0.2) is 10.7 Å². The molecule has 3 rings (SSSR count). The van der Waals surface area contributed by atoms with Crippen molar-refractivity contribution in [3.8, 4) is 0 Å². The predicted octanol–water partition coefficient (Wildman–Crippen LogP) is 0.399. The van der Waals surface area contributed by atoms with Gasteiger partial charge in [-0.3, -0.25) is 9.69 Å². The Kier molecular flexibility index (Phi) is 4.45. The number of carbonyl (C=O) groups excluding carboxylic acids is 1. The number of rotatable bonds is 4. The van der Waals surface area contributed by atoms with Crippen LogP contribution in [0.1, 0.15) is 5.01 Å². The summed E-state index contributed by atoms with van der Waals surface area (Å²) in [7, 11) is 0. The van der Waals surface area contributed by atoms with E-state index >= 15 is 0 Å². The van der Waals surface area contributed by atoms with E-state index in [4.69, 9.17) is 29.6 Å². The number of thiocarbonyl (C=S) groups is 1. The molecule has 0 bridgehead atoms. The van der Waals surface area contributed by atoms with Gasteiger partial charge in [0.15, 0.2) is 0 Å². The van der Waals surface area contributed by atoms with Gasteiger partial charge in [0.25, 0.3) is 5.91 Å². The van der Waals surface area contributed by atoms with E-state index in [2.05, 4.69) is 15.5 Å². The van der Waals surface area contributed by atoms with Gasteiger partial charge in [0.2, 0.25) is 5.13 Å². The molecule has 2 aliphatic heterocycles. The molecule has 0 unspecified atom stereocenters. The van der Waals surface area contributed by atoms with Crippen molar-refractivity contribution in [1.29, 1.82) is 0 Å². The molecule has 0 radical (unpaired) electrons. The predicted molar refractivity (Wildman–Crippen MR) is 91.2 cm³/mol. The number of carboxylic acids is 1. The van der Waals surface area contributed by atoms with Gasteiger partial charge in [-0.2, -0.15) is 0 Å². The first-order chi connectivity index (χ1) is 10.9. The minimum atomic E-state index is -1.21. The number of β-lactam (4-membered cyclic amide) rings is 1. The second kappa shape index (κ2) is 6.23. The number of thioether (sulfide) groups is 1. The molecule has 0 aromatic carbocycles. The fourth-order valence-electron chi connectivity index (χ4n) is 2.28. The zero-order valence-corrected chi connectivity index (χ0v) is 14.6. The van der Waals surface area contributed by atoms with Crippen molar-refractivity contribution in [2.45, 2.75) is 17.8 Å². The van der Waals surface area contributed by atoms with E-state index in [0.29, 0.717) is 27.3 Å². The fraction of sp³-hybridized carbons (Fsp3) is 0.364. The van der Waals surface area contributed by atoms with Crippen LogP contribution in [0.4, 0.5) is 5.13 Å². The molecule has 23 heavy (non-hydrogen) atoms. The molecule has 1 aromatic heterocycles. The highest BCUT2D eigenvalue weighted by Crippen LogP contribution is 2.41. The number of carbonyl (C=O) groups is 2. The molecule has 12 heteroatoms. The summed E-state index contributed by atoms with van der Waals surface area (Å²) in [6.07, 6.45) is 0.327. The standard InChI is InChI=1S/C11H10ClN5O3S3/c12-3-2-22-9-6(8(18)17(9)7(3)10(19)20)14-4(21)1-5-15-16-11(13)23-5/h6,9H,1-2H2,(H2,13,16)(H,14,21)(H,19,20)/t6-,9+/m1/s1. The number of nitrogens with zero attached hydrogens (tertiary/aromatic N) is 3. The maximum Gasteiger partial charge on any atom is 0.353 e.